The van der Waals surface area contributed by atoms with Crippen LogP contribution >= 0.6 is 0 Å². The van der Waals surface area contributed by atoms with Crippen molar-refractivity contribution in [3.8, 4) is 0 Å². The molecule has 1 atom stereocenters. The lowest BCUT2D eigenvalue weighted by atomic mass is 9.99. The van der Waals surface area contributed by atoms with E-state index in [-0.39, 0.29) is 12.0 Å². The van der Waals surface area contributed by atoms with Crippen molar-refractivity contribution in [2.75, 3.05) is 13.6 Å². The summed E-state index contributed by atoms with van der Waals surface area (Å²) in [5.74, 6) is 0.133. The third kappa shape index (κ3) is 3.55. The van der Waals surface area contributed by atoms with Crippen molar-refractivity contribution in [3.05, 3.63) is 71.3 Å². The molecule has 1 unspecified atom stereocenters. The van der Waals surface area contributed by atoms with Crippen molar-refractivity contribution >= 4 is 5.91 Å². The van der Waals surface area contributed by atoms with Crippen molar-refractivity contribution < 1.29 is 9.53 Å². The molecular formula is C19H21NO2. The van der Waals surface area contributed by atoms with Crippen molar-refractivity contribution in [1.82, 2.24) is 4.90 Å². The van der Waals surface area contributed by atoms with Gasteiger partial charge in [0.2, 0.25) is 5.91 Å². The molecule has 0 bridgehead atoms. The highest BCUT2D eigenvalue weighted by molar-refractivity contribution is 5.78. The number of rotatable bonds is 4. The number of hydrogen-bond donors (Lipinski definition) is 0. The summed E-state index contributed by atoms with van der Waals surface area (Å²) in [4.78, 5) is 14.1. The molecule has 1 heterocycles. The topological polar surface area (TPSA) is 29.5 Å². The number of likely N-dealkylation sites (N-methyl/N-ethyl adjacent to an activating group) is 1. The molecule has 0 spiro atoms. The van der Waals surface area contributed by atoms with Crippen LogP contribution in [0.3, 0.4) is 0 Å². The smallest absolute Gasteiger partial charge is 0.226 e. The van der Waals surface area contributed by atoms with E-state index in [2.05, 4.69) is 18.2 Å². The van der Waals surface area contributed by atoms with Gasteiger partial charge in [0.15, 0.2) is 0 Å². The lowest BCUT2D eigenvalue weighted by Gasteiger charge is -2.29. The molecule has 114 valence electrons. The molecule has 22 heavy (non-hydrogen) atoms. The van der Waals surface area contributed by atoms with Crippen LogP contribution in [0.5, 0.6) is 0 Å². The fourth-order valence-electron chi connectivity index (χ4n) is 2.84. The summed E-state index contributed by atoms with van der Waals surface area (Å²) in [5, 5.41) is 0. The van der Waals surface area contributed by atoms with Gasteiger partial charge < -0.3 is 9.64 Å². The summed E-state index contributed by atoms with van der Waals surface area (Å²) in [6, 6.07) is 18.2. The van der Waals surface area contributed by atoms with Crippen LogP contribution in [0.2, 0.25) is 0 Å². The van der Waals surface area contributed by atoms with Crippen LogP contribution in [0.25, 0.3) is 0 Å². The minimum Gasteiger partial charge on any atom is -0.371 e. The van der Waals surface area contributed by atoms with Crippen molar-refractivity contribution in [1.29, 1.82) is 0 Å². The van der Waals surface area contributed by atoms with Gasteiger partial charge in [-0.3, -0.25) is 4.79 Å². The van der Waals surface area contributed by atoms with Gasteiger partial charge in [0.05, 0.1) is 19.1 Å². The van der Waals surface area contributed by atoms with Gasteiger partial charge in [0.25, 0.3) is 0 Å². The van der Waals surface area contributed by atoms with E-state index in [1.807, 2.05) is 43.4 Å². The Labute approximate surface area is 131 Å². The minimum absolute atomic E-state index is 0.0830. The van der Waals surface area contributed by atoms with Gasteiger partial charge in [-0.15, -0.1) is 0 Å². The standard InChI is InChI=1S/C19H21NO2/c1-20(19(21)11-15-7-3-2-4-8-15)13-18-12-16-9-5-6-10-17(16)14-22-18/h2-10,18H,11-14H2,1H3. The highest BCUT2D eigenvalue weighted by Crippen LogP contribution is 2.20. The zero-order chi connectivity index (χ0) is 15.4. The predicted molar refractivity (Wildman–Crippen MR) is 86.5 cm³/mol. The maximum atomic E-state index is 12.3. The lowest BCUT2D eigenvalue weighted by Crippen LogP contribution is -2.38. The Morgan fingerprint density at radius 2 is 1.77 bits per heavy atom. The molecule has 3 nitrogen and oxygen atoms in total. The molecule has 3 rings (SSSR count). The number of benzene rings is 2. The highest BCUT2D eigenvalue weighted by Gasteiger charge is 2.22. The van der Waals surface area contributed by atoms with Gasteiger partial charge in [0.1, 0.15) is 0 Å². The first kappa shape index (κ1) is 14.8. The highest BCUT2D eigenvalue weighted by atomic mass is 16.5. The largest absolute Gasteiger partial charge is 0.371 e. The summed E-state index contributed by atoms with van der Waals surface area (Å²) in [6.07, 6.45) is 1.40. The Balaban J connectivity index is 1.56. The van der Waals surface area contributed by atoms with Crippen molar-refractivity contribution in [2.24, 2.45) is 0 Å². The second-order valence-corrected chi connectivity index (χ2v) is 5.84. The molecule has 1 aliphatic rings. The molecule has 0 fully saturated rings. The molecule has 1 aliphatic heterocycles. The minimum atomic E-state index is 0.0830. The first-order valence-corrected chi connectivity index (χ1v) is 7.68. The fourth-order valence-corrected chi connectivity index (χ4v) is 2.84. The van der Waals surface area contributed by atoms with E-state index in [0.29, 0.717) is 19.6 Å². The molecule has 1 amide bonds. The van der Waals surface area contributed by atoms with Crippen LogP contribution in [0.1, 0.15) is 16.7 Å². The molecule has 3 heteroatoms. The number of carbonyl (C=O) groups is 1. The molecule has 2 aromatic carbocycles. The molecule has 0 N–H and O–H groups in total. The van der Waals surface area contributed by atoms with Crippen LogP contribution < -0.4 is 0 Å². The number of ether oxygens (including phenoxy) is 1. The van der Waals surface area contributed by atoms with Gasteiger partial charge in [-0.25, -0.2) is 0 Å². The number of amides is 1. The normalized spacial score (nSPS) is 16.9. The van der Waals surface area contributed by atoms with Crippen molar-refractivity contribution in [3.63, 3.8) is 0 Å². The average molecular weight is 295 g/mol. The summed E-state index contributed by atoms with van der Waals surface area (Å²) in [5.41, 5.74) is 3.65. The van der Waals surface area contributed by atoms with E-state index in [0.717, 1.165) is 12.0 Å². The Bertz CT molecular complexity index is 639. The Morgan fingerprint density at radius 3 is 2.55 bits per heavy atom. The quantitative estimate of drug-likeness (QED) is 0.868. The van der Waals surface area contributed by atoms with Crippen LogP contribution in [-0.4, -0.2) is 30.5 Å². The second-order valence-electron chi connectivity index (χ2n) is 5.84. The summed E-state index contributed by atoms with van der Waals surface area (Å²) < 4.78 is 5.88. The van der Waals surface area contributed by atoms with Crippen LogP contribution in [-0.2, 0) is 29.0 Å². The van der Waals surface area contributed by atoms with Gasteiger partial charge >= 0.3 is 0 Å². The molecule has 2 aromatic rings. The first-order chi connectivity index (χ1) is 10.7. The van der Waals surface area contributed by atoms with Gasteiger partial charge in [0, 0.05) is 20.0 Å². The number of hydrogen-bond acceptors (Lipinski definition) is 2. The molecule has 0 radical (unpaired) electrons. The summed E-state index contributed by atoms with van der Waals surface area (Å²) >= 11 is 0. The molecular weight excluding hydrogens is 274 g/mol. The Kier molecular flexibility index (Phi) is 4.54. The molecule has 0 saturated heterocycles. The number of fused-ring (bicyclic) bond motifs is 1. The van der Waals surface area contributed by atoms with E-state index >= 15 is 0 Å². The van der Waals surface area contributed by atoms with Gasteiger partial charge in [-0.1, -0.05) is 54.6 Å². The third-order valence-electron chi connectivity index (χ3n) is 4.14. The van der Waals surface area contributed by atoms with E-state index in [4.69, 9.17) is 4.74 Å². The molecule has 0 aliphatic carbocycles. The maximum absolute atomic E-state index is 12.3. The van der Waals surface area contributed by atoms with Crippen LogP contribution in [0.4, 0.5) is 0 Å². The van der Waals surface area contributed by atoms with Crippen molar-refractivity contribution in [2.45, 2.75) is 25.6 Å². The van der Waals surface area contributed by atoms with Crippen LogP contribution in [0, 0.1) is 0 Å². The van der Waals surface area contributed by atoms with E-state index in [1.165, 1.54) is 11.1 Å². The maximum Gasteiger partial charge on any atom is 0.226 e. The van der Waals surface area contributed by atoms with Gasteiger partial charge in [-0.05, 0) is 16.7 Å². The molecule has 0 saturated carbocycles. The predicted octanol–water partition coefficient (Wildman–Crippen LogP) is 2.83. The molecule has 0 aromatic heterocycles. The van der Waals surface area contributed by atoms with Crippen LogP contribution in [0.15, 0.2) is 54.6 Å². The lowest BCUT2D eigenvalue weighted by molar-refractivity contribution is -0.131. The SMILES string of the molecule is CN(CC1Cc2ccccc2CO1)C(=O)Cc1ccccc1. The van der Waals surface area contributed by atoms with Gasteiger partial charge in [-0.2, -0.15) is 0 Å². The summed E-state index contributed by atoms with van der Waals surface area (Å²) in [6.45, 7) is 1.28. The van der Waals surface area contributed by atoms with E-state index < -0.39 is 0 Å². The Morgan fingerprint density at radius 1 is 1.09 bits per heavy atom. The van der Waals surface area contributed by atoms with E-state index in [1.54, 1.807) is 4.90 Å². The average Bonchev–Trinajstić information content (AvgIpc) is 2.55. The number of nitrogens with zero attached hydrogens (tertiary/aromatic N) is 1. The third-order valence-corrected chi connectivity index (χ3v) is 4.14. The zero-order valence-corrected chi connectivity index (χ0v) is 12.9. The first-order valence-electron chi connectivity index (χ1n) is 7.68. The zero-order valence-electron chi connectivity index (χ0n) is 12.9. The fraction of sp³-hybridized carbons (Fsp3) is 0.316. The Hall–Kier alpha value is -2.13. The van der Waals surface area contributed by atoms with E-state index in [9.17, 15) is 4.79 Å². The monoisotopic (exact) mass is 295 g/mol. The summed E-state index contributed by atoms with van der Waals surface area (Å²) in [7, 11) is 1.86. The number of carbonyl (C=O) groups excluding carboxylic acids is 1. The second kappa shape index (κ2) is 6.75.